The van der Waals surface area contributed by atoms with Crippen LogP contribution in [0.15, 0.2) is 65.3 Å². The highest BCUT2D eigenvalue weighted by Gasteiger charge is 2.30. The van der Waals surface area contributed by atoms with Crippen molar-refractivity contribution in [2.45, 2.75) is 19.0 Å². The Morgan fingerprint density at radius 2 is 1.95 bits per heavy atom. The fourth-order valence-electron chi connectivity index (χ4n) is 5.14. The quantitative estimate of drug-likeness (QED) is 0.245. The minimum Gasteiger partial charge on any atom is -0.415 e. The number of likely N-dealkylation sites (tertiary alicyclic amines) is 1. The number of likely N-dealkylation sites (N-methyl/N-ethyl adjacent to an activating group) is 2. The molecule has 1 N–H and O–H groups in total. The summed E-state index contributed by atoms with van der Waals surface area (Å²) in [7, 11) is 3.98. The predicted molar refractivity (Wildman–Crippen MR) is 148 cm³/mol. The highest BCUT2D eigenvalue weighted by atomic mass is 19.3. The van der Waals surface area contributed by atoms with Crippen LogP contribution in [0.25, 0.3) is 33.5 Å². The summed E-state index contributed by atoms with van der Waals surface area (Å²) in [6.45, 7) is 1.72. The Hall–Kier alpha value is -4.71. The highest BCUT2D eigenvalue weighted by Crippen LogP contribution is 2.40. The van der Waals surface area contributed by atoms with Crippen LogP contribution in [0.5, 0.6) is 0 Å². The summed E-state index contributed by atoms with van der Waals surface area (Å²) >= 11 is 0. The summed E-state index contributed by atoms with van der Waals surface area (Å²) in [6.07, 6.45) is 0.994. The Morgan fingerprint density at radius 3 is 2.63 bits per heavy atom. The van der Waals surface area contributed by atoms with Crippen LogP contribution < -0.4 is 9.80 Å². The zero-order chi connectivity index (χ0) is 28.7. The zero-order valence-corrected chi connectivity index (χ0v) is 22.3. The molecule has 0 saturated carbocycles. The number of rotatable bonds is 9. The second-order valence-corrected chi connectivity index (χ2v) is 10.1. The van der Waals surface area contributed by atoms with Crippen LogP contribution in [-0.2, 0) is 11.3 Å². The van der Waals surface area contributed by atoms with Crippen LogP contribution in [0.3, 0.4) is 0 Å². The molecule has 0 bridgehead atoms. The molecule has 0 spiro atoms. The second-order valence-electron chi connectivity index (χ2n) is 10.1. The smallest absolute Gasteiger partial charge is 0.314 e. The number of fused-ring (bicyclic) bond motifs is 1. The van der Waals surface area contributed by atoms with E-state index in [-0.39, 0.29) is 18.5 Å². The molecule has 210 valence electrons. The topological polar surface area (TPSA) is 94.4 Å². The van der Waals surface area contributed by atoms with Crippen LogP contribution in [-0.4, -0.2) is 64.7 Å². The number of anilines is 2. The van der Waals surface area contributed by atoms with Gasteiger partial charge in [0.2, 0.25) is 12.3 Å². The van der Waals surface area contributed by atoms with Gasteiger partial charge in [0.1, 0.15) is 5.82 Å². The number of carbonyl (C=O) groups excluding carboxylic acids is 1. The van der Waals surface area contributed by atoms with E-state index < -0.39 is 18.1 Å². The number of hydrogen-bond donors (Lipinski definition) is 1. The molecule has 3 aromatic heterocycles. The minimum atomic E-state index is -2.87. The van der Waals surface area contributed by atoms with E-state index in [1.54, 1.807) is 18.2 Å². The van der Waals surface area contributed by atoms with Gasteiger partial charge in [-0.15, -0.1) is 10.2 Å². The number of alkyl halides is 2. The number of nitrogens with zero attached hydrogens (tertiary/aromatic N) is 6. The predicted octanol–water partition coefficient (Wildman–Crippen LogP) is 5.27. The van der Waals surface area contributed by atoms with E-state index in [2.05, 4.69) is 30.0 Å². The molecule has 41 heavy (non-hydrogen) atoms. The molecule has 1 amide bonds. The van der Waals surface area contributed by atoms with Gasteiger partial charge >= 0.3 is 6.43 Å². The molecular formula is C29H26F3N7O2. The average molecular weight is 562 g/mol. The van der Waals surface area contributed by atoms with Crippen LogP contribution in [0, 0.1) is 5.82 Å². The number of pyridine rings is 1. The number of aromatic amines is 1. The number of carbonyl (C=O) groups is 1. The molecule has 9 nitrogen and oxygen atoms in total. The van der Waals surface area contributed by atoms with Gasteiger partial charge in [-0.1, -0.05) is 12.1 Å². The number of halogens is 3. The van der Waals surface area contributed by atoms with Crippen molar-refractivity contribution in [3.63, 3.8) is 0 Å². The van der Waals surface area contributed by atoms with Crippen molar-refractivity contribution in [2.24, 2.45) is 0 Å². The first-order valence-electron chi connectivity index (χ1n) is 12.9. The van der Waals surface area contributed by atoms with Gasteiger partial charge in [-0.3, -0.25) is 9.78 Å². The molecule has 0 atom stereocenters. The molecule has 12 heteroatoms. The number of amides is 1. The Bertz CT molecular complexity index is 1700. The van der Waals surface area contributed by atoms with E-state index in [4.69, 9.17) is 4.42 Å². The number of aromatic nitrogens is 4. The molecule has 2 aromatic carbocycles. The SMILES string of the molecule is CN1CC(N(C)c2cc(-c3cccc4[nH]ccc34)c(F)cc2N(C=O)Cc2ccc(-c3nnc(C(F)F)o3)cn2)C1. The Kier molecular flexibility index (Phi) is 6.91. The Morgan fingerprint density at radius 1 is 1.12 bits per heavy atom. The molecule has 0 radical (unpaired) electrons. The van der Waals surface area contributed by atoms with Gasteiger partial charge in [-0.2, -0.15) is 8.78 Å². The maximum atomic E-state index is 15.8. The number of hydrogen-bond acceptors (Lipinski definition) is 7. The van der Waals surface area contributed by atoms with E-state index in [1.165, 1.54) is 17.2 Å². The van der Waals surface area contributed by atoms with Crippen LogP contribution >= 0.6 is 0 Å². The molecule has 1 fully saturated rings. The molecule has 1 saturated heterocycles. The molecule has 0 unspecified atom stereocenters. The lowest BCUT2D eigenvalue weighted by Crippen LogP contribution is -2.57. The summed E-state index contributed by atoms with van der Waals surface area (Å²) in [4.78, 5) is 25.6. The normalized spacial score (nSPS) is 14.0. The van der Waals surface area contributed by atoms with Crippen LogP contribution in [0.4, 0.5) is 24.5 Å². The fourth-order valence-corrected chi connectivity index (χ4v) is 5.14. The van der Waals surface area contributed by atoms with Crippen molar-refractivity contribution >= 4 is 28.7 Å². The molecular weight excluding hydrogens is 535 g/mol. The zero-order valence-electron chi connectivity index (χ0n) is 22.3. The van der Waals surface area contributed by atoms with Crippen molar-refractivity contribution < 1.29 is 22.4 Å². The van der Waals surface area contributed by atoms with E-state index in [1.807, 2.05) is 44.6 Å². The van der Waals surface area contributed by atoms with Gasteiger partial charge in [0, 0.05) is 55.1 Å². The maximum Gasteiger partial charge on any atom is 0.314 e. The third-order valence-corrected chi connectivity index (χ3v) is 7.39. The van der Waals surface area contributed by atoms with Crippen molar-refractivity contribution in [2.75, 3.05) is 37.0 Å². The molecule has 4 heterocycles. The van der Waals surface area contributed by atoms with Crippen molar-refractivity contribution in [3.8, 4) is 22.6 Å². The van der Waals surface area contributed by atoms with E-state index in [9.17, 15) is 13.6 Å². The summed E-state index contributed by atoms with van der Waals surface area (Å²) in [5.74, 6) is -1.32. The second kappa shape index (κ2) is 10.7. The standard InChI is InChI=1S/C29H26F3N7O2/c1-37-14-19(15-37)38(2)25-10-22(20-4-3-5-24-21(20)8-9-33-24)23(30)11-26(25)39(16-40)13-18-7-6-17(12-34-18)28-35-36-29(41-28)27(31)32/h3-12,16,19,27,33H,13-15H2,1-2H3. The summed E-state index contributed by atoms with van der Waals surface area (Å²) < 4.78 is 46.4. The first kappa shape index (κ1) is 26.5. The third-order valence-electron chi connectivity index (χ3n) is 7.39. The van der Waals surface area contributed by atoms with Gasteiger partial charge in [0.15, 0.2) is 0 Å². The number of H-pyrrole nitrogens is 1. The van der Waals surface area contributed by atoms with Gasteiger partial charge < -0.3 is 24.1 Å². The first-order valence-corrected chi connectivity index (χ1v) is 12.9. The largest absolute Gasteiger partial charge is 0.415 e. The van der Waals surface area contributed by atoms with E-state index in [0.717, 1.165) is 29.6 Å². The maximum absolute atomic E-state index is 15.8. The molecule has 1 aliphatic heterocycles. The highest BCUT2D eigenvalue weighted by molar-refractivity contribution is 5.97. The lowest BCUT2D eigenvalue weighted by molar-refractivity contribution is -0.107. The van der Waals surface area contributed by atoms with Crippen LogP contribution in [0.1, 0.15) is 18.0 Å². The molecule has 0 aliphatic carbocycles. The lowest BCUT2D eigenvalue weighted by Gasteiger charge is -2.44. The van der Waals surface area contributed by atoms with Gasteiger partial charge in [-0.25, -0.2) is 4.39 Å². The monoisotopic (exact) mass is 561 g/mol. The van der Waals surface area contributed by atoms with Gasteiger partial charge in [0.25, 0.3) is 5.89 Å². The number of nitrogens with one attached hydrogen (secondary N) is 1. The lowest BCUT2D eigenvalue weighted by atomic mass is 9.98. The minimum absolute atomic E-state index is 0.0491. The Labute approximate surface area is 233 Å². The first-order chi connectivity index (χ1) is 19.8. The molecule has 1 aliphatic rings. The van der Waals surface area contributed by atoms with E-state index in [0.29, 0.717) is 34.6 Å². The molecule has 6 rings (SSSR count). The average Bonchev–Trinajstić information content (AvgIpc) is 3.65. The van der Waals surface area contributed by atoms with Crippen molar-refractivity contribution in [1.82, 2.24) is 25.1 Å². The Balaban J connectivity index is 1.35. The van der Waals surface area contributed by atoms with Crippen molar-refractivity contribution in [3.05, 3.63) is 78.3 Å². The summed E-state index contributed by atoms with van der Waals surface area (Å²) in [5, 5.41) is 7.86. The van der Waals surface area contributed by atoms with Crippen molar-refractivity contribution in [1.29, 1.82) is 0 Å². The van der Waals surface area contributed by atoms with Crippen LogP contribution in [0.2, 0.25) is 0 Å². The van der Waals surface area contributed by atoms with E-state index >= 15 is 4.39 Å². The summed E-state index contributed by atoms with van der Waals surface area (Å²) in [6, 6.07) is 14.2. The summed E-state index contributed by atoms with van der Waals surface area (Å²) in [5.41, 5.74) is 4.05. The van der Waals surface area contributed by atoms with Gasteiger partial charge in [-0.05, 0) is 42.9 Å². The van der Waals surface area contributed by atoms with Gasteiger partial charge in [0.05, 0.1) is 35.2 Å². The number of benzene rings is 2. The third kappa shape index (κ3) is 5.02. The fraction of sp³-hybridized carbons (Fsp3) is 0.241. The molecule has 5 aromatic rings.